The van der Waals surface area contributed by atoms with Crippen molar-refractivity contribution in [3.63, 3.8) is 0 Å². The summed E-state index contributed by atoms with van der Waals surface area (Å²) in [5, 5.41) is -0.227. The summed E-state index contributed by atoms with van der Waals surface area (Å²) in [5.74, 6) is -0.634. The van der Waals surface area contributed by atoms with E-state index >= 15 is 0 Å². The predicted molar refractivity (Wildman–Crippen MR) is 114 cm³/mol. The molecule has 1 aliphatic rings. The van der Waals surface area contributed by atoms with Gasteiger partial charge in [0.05, 0.1) is 0 Å². The van der Waals surface area contributed by atoms with Crippen molar-refractivity contribution < 1.29 is 14.3 Å². The summed E-state index contributed by atoms with van der Waals surface area (Å²) in [6.45, 7) is 7.35. The number of benzene rings is 2. The summed E-state index contributed by atoms with van der Waals surface area (Å²) in [6.07, 6.45) is 10.5. The van der Waals surface area contributed by atoms with Crippen LogP contribution in [0.4, 0.5) is 0 Å². The van der Waals surface area contributed by atoms with Gasteiger partial charge >= 0.3 is 0 Å². The molecule has 0 spiro atoms. The maximum Gasteiger partial charge on any atom is 0.230 e. The number of hydrogen-bond donors (Lipinski definition) is 0. The first-order chi connectivity index (χ1) is 13.6. The average Bonchev–Trinajstić information content (AvgIpc) is 2.72. The van der Waals surface area contributed by atoms with Gasteiger partial charge in [-0.15, -0.1) is 0 Å². The molecule has 0 saturated carbocycles. The van der Waals surface area contributed by atoms with Crippen molar-refractivity contribution in [3.05, 3.63) is 113 Å². The number of carbonyl (C=O) groups is 2. The molecular weight excluding hydrogens is 372 g/mol. The second kappa shape index (κ2) is 8.51. The number of hydrogen-bond acceptors (Lipinski definition) is 3. The number of fused-ring (bicyclic) bond motifs is 1. The highest BCUT2D eigenvalue weighted by Gasteiger charge is 2.33. The maximum atomic E-state index is 12.9. The zero-order chi connectivity index (χ0) is 20.1. The highest BCUT2D eigenvalue weighted by Crippen LogP contribution is 2.33. The van der Waals surface area contributed by atoms with Crippen LogP contribution < -0.4 is 4.74 Å². The van der Waals surface area contributed by atoms with Gasteiger partial charge in [-0.05, 0) is 11.6 Å². The van der Waals surface area contributed by atoms with Crippen LogP contribution in [0, 0.1) is 0 Å². The van der Waals surface area contributed by atoms with Gasteiger partial charge in [0.25, 0.3) is 0 Å². The van der Waals surface area contributed by atoms with E-state index in [2.05, 4.69) is 13.2 Å². The minimum atomic E-state index is -0.433. The maximum absolute atomic E-state index is 12.9. The smallest absolute Gasteiger partial charge is 0.230 e. The molecule has 0 fully saturated rings. The van der Waals surface area contributed by atoms with Crippen LogP contribution >= 0.6 is 11.6 Å². The third kappa shape index (κ3) is 3.66. The van der Waals surface area contributed by atoms with Crippen molar-refractivity contribution in [2.45, 2.75) is 0 Å². The molecule has 28 heavy (non-hydrogen) atoms. The fourth-order valence-corrected chi connectivity index (χ4v) is 3.06. The summed E-state index contributed by atoms with van der Waals surface area (Å²) in [5.41, 5.74) is 2.12. The summed E-state index contributed by atoms with van der Waals surface area (Å²) in [6, 6.07) is 11.9. The quantitative estimate of drug-likeness (QED) is 0.570. The summed E-state index contributed by atoms with van der Waals surface area (Å²) >= 11 is 6.21. The van der Waals surface area contributed by atoms with E-state index in [1.165, 1.54) is 0 Å². The fourth-order valence-electron chi connectivity index (χ4n) is 2.83. The molecule has 4 heteroatoms. The van der Waals surface area contributed by atoms with Gasteiger partial charge in [-0.25, -0.2) is 0 Å². The molecule has 0 bridgehead atoms. The summed E-state index contributed by atoms with van der Waals surface area (Å²) in [4.78, 5) is 25.4. The number of ketones is 2. The van der Waals surface area contributed by atoms with Crippen molar-refractivity contribution >= 4 is 35.3 Å². The third-order valence-corrected chi connectivity index (χ3v) is 4.49. The van der Waals surface area contributed by atoms with E-state index in [4.69, 9.17) is 16.3 Å². The van der Waals surface area contributed by atoms with Crippen molar-refractivity contribution in [1.82, 2.24) is 0 Å². The molecule has 138 valence electrons. The molecule has 0 aromatic heterocycles. The normalized spacial score (nSPS) is 13.9. The van der Waals surface area contributed by atoms with E-state index in [9.17, 15) is 9.59 Å². The molecule has 0 radical (unpaired) electrons. The molecule has 0 saturated heterocycles. The van der Waals surface area contributed by atoms with E-state index in [-0.39, 0.29) is 21.9 Å². The van der Waals surface area contributed by atoms with Crippen molar-refractivity contribution in [2.24, 2.45) is 0 Å². The SMILES string of the molecule is C=C/C=C/c1cccc(OC2=C(Cl)C(=O)c3ccccc3C2=O)c1/C=C/C=C. The molecule has 0 N–H and O–H groups in total. The molecular formula is C24H17ClO3. The fraction of sp³-hybridized carbons (Fsp3) is 0. The molecule has 3 rings (SSSR count). The van der Waals surface area contributed by atoms with Crippen LogP contribution in [-0.4, -0.2) is 11.6 Å². The first-order valence-electron chi connectivity index (χ1n) is 8.55. The minimum Gasteiger partial charge on any atom is -0.451 e. The lowest BCUT2D eigenvalue weighted by Gasteiger charge is -2.19. The summed E-state index contributed by atoms with van der Waals surface area (Å²) in [7, 11) is 0. The second-order valence-electron chi connectivity index (χ2n) is 5.90. The van der Waals surface area contributed by atoms with Crippen molar-refractivity contribution in [2.75, 3.05) is 0 Å². The van der Waals surface area contributed by atoms with Gasteiger partial charge in [0.15, 0.2) is 5.76 Å². The van der Waals surface area contributed by atoms with Crippen LogP contribution in [0.3, 0.4) is 0 Å². The van der Waals surface area contributed by atoms with Gasteiger partial charge in [-0.2, -0.15) is 0 Å². The lowest BCUT2D eigenvalue weighted by Crippen LogP contribution is -2.23. The number of rotatable bonds is 6. The molecule has 0 aliphatic heterocycles. The number of allylic oxidation sites excluding steroid dienone is 6. The first kappa shape index (κ1) is 19.3. The Morgan fingerprint density at radius 1 is 0.821 bits per heavy atom. The minimum absolute atomic E-state index is 0.177. The van der Waals surface area contributed by atoms with Crippen molar-refractivity contribution in [1.29, 1.82) is 0 Å². The monoisotopic (exact) mass is 388 g/mol. The molecule has 3 nitrogen and oxygen atoms in total. The zero-order valence-corrected chi connectivity index (χ0v) is 15.8. The van der Waals surface area contributed by atoms with Gasteiger partial charge in [-0.3, -0.25) is 9.59 Å². The topological polar surface area (TPSA) is 43.4 Å². The van der Waals surface area contributed by atoms with Gasteiger partial charge in [0, 0.05) is 16.7 Å². The van der Waals surface area contributed by atoms with E-state index in [0.29, 0.717) is 5.75 Å². The number of halogens is 1. The lowest BCUT2D eigenvalue weighted by atomic mass is 9.93. The molecule has 1 aliphatic carbocycles. The largest absolute Gasteiger partial charge is 0.451 e. The van der Waals surface area contributed by atoms with Gasteiger partial charge in [-0.1, -0.05) is 97.6 Å². The Labute approximate surface area is 168 Å². The number of Topliss-reactive ketones (excluding diaryl/α,β-unsaturated/α-hetero) is 2. The van der Waals surface area contributed by atoms with E-state index < -0.39 is 11.6 Å². The molecule has 2 aromatic carbocycles. The van der Waals surface area contributed by atoms with Crippen LogP contribution in [0.25, 0.3) is 12.2 Å². The van der Waals surface area contributed by atoms with Gasteiger partial charge < -0.3 is 4.74 Å². The van der Waals surface area contributed by atoms with Crippen LogP contribution in [0.5, 0.6) is 5.75 Å². The van der Waals surface area contributed by atoms with Crippen LogP contribution in [0.15, 0.2) is 90.7 Å². The molecule has 0 amide bonds. The Morgan fingerprint density at radius 2 is 1.46 bits per heavy atom. The van der Waals surface area contributed by atoms with Crippen LogP contribution in [0.1, 0.15) is 31.8 Å². The third-order valence-electron chi connectivity index (χ3n) is 4.14. The van der Waals surface area contributed by atoms with E-state index in [0.717, 1.165) is 11.1 Å². The Kier molecular flexibility index (Phi) is 5.87. The lowest BCUT2D eigenvalue weighted by molar-refractivity contribution is 0.0943. The second-order valence-corrected chi connectivity index (χ2v) is 6.28. The molecule has 2 aromatic rings. The molecule has 0 unspecified atom stereocenters. The zero-order valence-electron chi connectivity index (χ0n) is 15.0. The van der Waals surface area contributed by atoms with E-state index in [1.807, 2.05) is 18.2 Å². The first-order valence-corrected chi connectivity index (χ1v) is 8.93. The van der Waals surface area contributed by atoms with Crippen molar-refractivity contribution in [3.8, 4) is 5.75 Å². The van der Waals surface area contributed by atoms with Crippen LogP contribution in [0.2, 0.25) is 0 Å². The Hall–Kier alpha value is -3.43. The number of carbonyl (C=O) groups excluding carboxylic acids is 2. The summed E-state index contributed by atoms with van der Waals surface area (Å²) < 4.78 is 5.89. The Morgan fingerprint density at radius 3 is 2.14 bits per heavy atom. The van der Waals surface area contributed by atoms with Gasteiger partial charge in [0.2, 0.25) is 11.6 Å². The highest BCUT2D eigenvalue weighted by molar-refractivity contribution is 6.49. The predicted octanol–water partition coefficient (Wildman–Crippen LogP) is 5.99. The van der Waals surface area contributed by atoms with Gasteiger partial charge in [0.1, 0.15) is 10.8 Å². The Bertz CT molecular complexity index is 1070. The Balaban J connectivity index is 2.10. The average molecular weight is 389 g/mol. The number of ether oxygens (including phenoxy) is 1. The molecule has 0 heterocycles. The standard InChI is InChI=1S/C24H17ClO3/c1-3-5-10-16-11-9-15-20(17(16)12-6-4-2)28-24-21(25)22(26)18-13-7-8-14-19(18)23(24)27/h3-15H,1-2H2/b10-5+,12-6+. The molecule has 0 atom stereocenters. The highest BCUT2D eigenvalue weighted by atomic mass is 35.5. The van der Waals surface area contributed by atoms with Crippen LogP contribution in [-0.2, 0) is 0 Å². The van der Waals surface area contributed by atoms with E-state index in [1.54, 1.807) is 60.7 Å².